The van der Waals surface area contributed by atoms with E-state index < -0.39 is 13.3 Å². The number of aromatic hydroxyl groups is 2. The van der Waals surface area contributed by atoms with Crippen LogP contribution in [-0.2, 0) is 9.36 Å². The molecule has 0 aliphatic carbocycles. The van der Waals surface area contributed by atoms with Gasteiger partial charge in [-0.1, -0.05) is 33.7 Å². The SMILES string of the molecule is O=C(CCNP(=O)(CCSSc1ccccn1)CCSSc1ccccn1)On1c(O)ccc1O. The lowest BCUT2D eigenvalue weighted by Gasteiger charge is -2.19. The largest absolute Gasteiger partial charge is 0.492 e. The molecule has 0 bridgehead atoms. The van der Waals surface area contributed by atoms with Crippen LogP contribution in [0.5, 0.6) is 11.8 Å². The number of hydrogen-bond acceptors (Lipinski definition) is 11. The van der Waals surface area contributed by atoms with Crippen molar-refractivity contribution >= 4 is 56.4 Å². The molecule has 14 heteroatoms. The highest BCUT2D eigenvalue weighted by atomic mass is 33.1. The molecule has 0 radical (unpaired) electrons. The number of rotatable bonds is 15. The fourth-order valence-corrected chi connectivity index (χ4v) is 10.7. The van der Waals surface area contributed by atoms with Gasteiger partial charge in [-0.3, -0.25) is 5.09 Å². The molecule has 0 aliphatic heterocycles. The summed E-state index contributed by atoms with van der Waals surface area (Å²) in [5, 5.41) is 24.0. The first-order valence-corrected chi connectivity index (χ1v) is 17.2. The standard InChI is InChI=1S/C21H25N4O5PS4/c26-19-7-8-20(27)25(19)30-21(28)9-12-24-31(29,13-15-32-34-17-5-1-3-10-22-17)14-16-33-35-18-6-2-4-11-23-18/h1-8,10-11,26-27H,9,12-16H2,(H,24,29). The van der Waals surface area contributed by atoms with Gasteiger partial charge in [0.25, 0.3) is 0 Å². The quantitative estimate of drug-likeness (QED) is 0.132. The zero-order valence-corrected chi connectivity index (χ0v) is 22.7. The minimum atomic E-state index is -2.78. The van der Waals surface area contributed by atoms with Gasteiger partial charge in [-0.2, -0.15) is 0 Å². The minimum Gasteiger partial charge on any atom is -0.492 e. The van der Waals surface area contributed by atoms with Gasteiger partial charge in [-0.25, -0.2) is 14.8 Å². The Bertz CT molecular complexity index is 1040. The summed E-state index contributed by atoms with van der Waals surface area (Å²) in [7, 11) is 3.46. The second-order valence-electron chi connectivity index (χ2n) is 6.95. The lowest BCUT2D eigenvalue weighted by Crippen LogP contribution is -2.25. The molecule has 0 unspecified atom stereocenters. The third-order valence-electron chi connectivity index (χ3n) is 4.36. The van der Waals surface area contributed by atoms with Gasteiger partial charge in [-0.05, 0) is 45.9 Å². The number of hydrogen-bond donors (Lipinski definition) is 3. The molecule has 3 N–H and O–H groups in total. The molecule has 0 aromatic carbocycles. The molecule has 3 aromatic heterocycles. The van der Waals surface area contributed by atoms with E-state index in [-0.39, 0.29) is 24.7 Å². The normalized spacial score (nSPS) is 11.4. The first kappa shape index (κ1) is 27.8. The molecule has 0 aliphatic rings. The van der Waals surface area contributed by atoms with Crippen LogP contribution in [0.4, 0.5) is 0 Å². The van der Waals surface area contributed by atoms with Crippen molar-refractivity contribution in [2.75, 3.05) is 30.4 Å². The van der Waals surface area contributed by atoms with Crippen LogP contribution in [0.15, 0.2) is 71.0 Å². The van der Waals surface area contributed by atoms with Gasteiger partial charge in [0.2, 0.25) is 11.8 Å². The minimum absolute atomic E-state index is 0.0767. The molecular formula is C21H25N4O5PS4. The number of carbonyl (C=O) groups excluding carboxylic acids is 1. The highest BCUT2D eigenvalue weighted by molar-refractivity contribution is 8.77. The Morgan fingerprint density at radius 3 is 1.94 bits per heavy atom. The summed E-state index contributed by atoms with van der Waals surface area (Å²) >= 11 is 0. The van der Waals surface area contributed by atoms with E-state index in [9.17, 15) is 19.6 Å². The van der Waals surface area contributed by atoms with Gasteiger partial charge in [0.1, 0.15) is 17.3 Å². The summed E-state index contributed by atoms with van der Waals surface area (Å²) < 4.78 is 14.3. The van der Waals surface area contributed by atoms with Gasteiger partial charge in [-0.15, -0.1) is 4.73 Å². The molecule has 0 atom stereocenters. The molecule has 3 rings (SSSR count). The Labute approximate surface area is 219 Å². The fourth-order valence-electron chi connectivity index (χ4n) is 2.64. The lowest BCUT2D eigenvalue weighted by atomic mass is 10.4. The average Bonchev–Trinajstić information content (AvgIpc) is 3.18. The summed E-state index contributed by atoms with van der Waals surface area (Å²) in [6, 6.07) is 13.8. The molecule has 3 heterocycles. The van der Waals surface area contributed by atoms with Crippen molar-refractivity contribution in [1.82, 2.24) is 19.8 Å². The Morgan fingerprint density at radius 2 is 1.46 bits per heavy atom. The first-order chi connectivity index (χ1) is 17.0. The van der Waals surface area contributed by atoms with Crippen molar-refractivity contribution in [3.63, 3.8) is 0 Å². The van der Waals surface area contributed by atoms with Crippen molar-refractivity contribution in [2.45, 2.75) is 16.5 Å². The molecule has 0 saturated carbocycles. The van der Waals surface area contributed by atoms with Crippen molar-refractivity contribution in [3.05, 3.63) is 60.9 Å². The molecule has 188 valence electrons. The highest BCUT2D eigenvalue weighted by Gasteiger charge is 2.22. The monoisotopic (exact) mass is 572 g/mol. The summed E-state index contributed by atoms with van der Waals surface area (Å²) in [4.78, 5) is 25.6. The van der Waals surface area contributed by atoms with E-state index in [1.807, 2.05) is 36.4 Å². The van der Waals surface area contributed by atoms with E-state index in [2.05, 4.69) is 15.1 Å². The number of pyridine rings is 2. The maximum atomic E-state index is 13.6. The number of carbonyl (C=O) groups is 1. The topological polar surface area (TPSA) is 127 Å². The average molecular weight is 573 g/mol. The van der Waals surface area contributed by atoms with E-state index in [1.165, 1.54) is 33.7 Å². The molecule has 0 spiro atoms. The zero-order valence-electron chi connectivity index (χ0n) is 18.6. The van der Waals surface area contributed by atoms with Crippen LogP contribution in [0.25, 0.3) is 0 Å². The Hall–Kier alpha value is -1.76. The van der Waals surface area contributed by atoms with Gasteiger partial charge in [0.15, 0.2) is 0 Å². The van der Waals surface area contributed by atoms with E-state index in [1.54, 1.807) is 34.0 Å². The van der Waals surface area contributed by atoms with Crippen LogP contribution >= 0.6 is 50.5 Å². The molecule has 0 amide bonds. The smallest absolute Gasteiger partial charge is 0.334 e. The van der Waals surface area contributed by atoms with Crippen molar-refractivity contribution in [3.8, 4) is 11.8 Å². The van der Waals surface area contributed by atoms with E-state index >= 15 is 0 Å². The summed E-state index contributed by atoms with van der Waals surface area (Å²) in [6.07, 6.45) is 4.31. The Kier molecular flexibility index (Phi) is 11.7. The Morgan fingerprint density at radius 1 is 0.914 bits per heavy atom. The van der Waals surface area contributed by atoms with E-state index in [0.717, 1.165) is 10.1 Å². The fraction of sp³-hybridized carbons (Fsp3) is 0.286. The first-order valence-electron chi connectivity index (χ1n) is 10.5. The van der Waals surface area contributed by atoms with Crippen LogP contribution < -0.4 is 9.92 Å². The van der Waals surface area contributed by atoms with Gasteiger partial charge in [0.05, 0.1) is 6.42 Å². The summed E-state index contributed by atoms with van der Waals surface area (Å²) in [6.45, 7) is 0.148. The summed E-state index contributed by atoms with van der Waals surface area (Å²) in [5.74, 6) is -0.150. The maximum Gasteiger partial charge on any atom is 0.334 e. The van der Waals surface area contributed by atoms with E-state index in [4.69, 9.17) is 4.84 Å². The van der Waals surface area contributed by atoms with Gasteiger partial charge >= 0.3 is 5.97 Å². The van der Waals surface area contributed by atoms with Gasteiger partial charge < -0.3 is 19.6 Å². The van der Waals surface area contributed by atoms with Crippen LogP contribution in [0.3, 0.4) is 0 Å². The third kappa shape index (κ3) is 10.0. The second kappa shape index (κ2) is 14.7. The predicted molar refractivity (Wildman–Crippen MR) is 144 cm³/mol. The van der Waals surface area contributed by atoms with Crippen LogP contribution in [0.2, 0.25) is 0 Å². The third-order valence-corrected chi connectivity index (χ3v) is 12.2. The zero-order chi connectivity index (χ0) is 24.9. The van der Waals surface area contributed by atoms with Crippen LogP contribution in [0, 0.1) is 0 Å². The molecule has 3 aromatic rings. The van der Waals surface area contributed by atoms with Crippen LogP contribution in [-0.4, -0.2) is 61.3 Å². The van der Waals surface area contributed by atoms with Gasteiger partial charge in [0, 0.05) is 54.9 Å². The maximum absolute atomic E-state index is 13.6. The highest BCUT2D eigenvalue weighted by Crippen LogP contribution is 2.45. The number of nitrogens with one attached hydrogen (secondary N) is 1. The number of nitrogens with zero attached hydrogens (tertiary/aromatic N) is 3. The van der Waals surface area contributed by atoms with Crippen molar-refractivity contribution in [1.29, 1.82) is 0 Å². The molecule has 0 saturated heterocycles. The van der Waals surface area contributed by atoms with Crippen molar-refractivity contribution < 1.29 is 24.4 Å². The molecule has 9 nitrogen and oxygen atoms in total. The second-order valence-corrected chi connectivity index (χ2v) is 14.8. The lowest BCUT2D eigenvalue weighted by molar-refractivity contribution is -0.145. The van der Waals surface area contributed by atoms with Crippen molar-refractivity contribution in [2.24, 2.45) is 0 Å². The van der Waals surface area contributed by atoms with E-state index in [0.29, 0.717) is 28.6 Å². The molecule has 35 heavy (non-hydrogen) atoms. The predicted octanol–water partition coefficient (Wildman–Crippen LogP) is 4.78. The van der Waals surface area contributed by atoms with Crippen LogP contribution in [0.1, 0.15) is 6.42 Å². The molecular weight excluding hydrogens is 547 g/mol. The number of aromatic nitrogens is 3. The Balaban J connectivity index is 1.47. The molecule has 0 fully saturated rings. The summed E-state index contributed by atoms with van der Waals surface area (Å²) in [5.41, 5.74) is 0.